The molecule has 1 amide bonds. The average Bonchev–Trinajstić information content (AvgIpc) is 2.43. The highest BCUT2D eigenvalue weighted by atomic mass is 79.9. The van der Waals surface area contributed by atoms with Gasteiger partial charge in [0.15, 0.2) is 0 Å². The van der Waals surface area contributed by atoms with E-state index in [0.717, 1.165) is 11.9 Å². The molecule has 1 N–H and O–H groups in total. The molecule has 0 spiro atoms. The van der Waals surface area contributed by atoms with Crippen LogP contribution in [-0.4, -0.2) is 40.9 Å². The van der Waals surface area contributed by atoms with Gasteiger partial charge in [-0.15, -0.1) is 0 Å². The SMILES string of the molecule is O=C1CC(CBr)CN1CCCO. The van der Waals surface area contributed by atoms with Crippen molar-refractivity contribution in [2.24, 2.45) is 5.92 Å². The third-order valence-electron chi connectivity index (χ3n) is 2.10. The fourth-order valence-electron chi connectivity index (χ4n) is 1.43. The van der Waals surface area contributed by atoms with E-state index in [9.17, 15) is 4.79 Å². The van der Waals surface area contributed by atoms with Gasteiger partial charge < -0.3 is 10.0 Å². The molecule has 1 aliphatic heterocycles. The fourth-order valence-corrected chi connectivity index (χ4v) is 1.87. The third-order valence-corrected chi connectivity index (χ3v) is 3.01. The topological polar surface area (TPSA) is 40.5 Å². The molecule has 1 fully saturated rings. The molecule has 0 aromatic heterocycles. The quantitative estimate of drug-likeness (QED) is 0.726. The molecule has 0 bridgehead atoms. The summed E-state index contributed by atoms with van der Waals surface area (Å²) >= 11 is 3.37. The second-order valence-corrected chi connectivity index (χ2v) is 3.79. The molecule has 1 atom stereocenters. The van der Waals surface area contributed by atoms with Crippen molar-refractivity contribution in [1.29, 1.82) is 0 Å². The van der Waals surface area contributed by atoms with Gasteiger partial charge in [0.1, 0.15) is 0 Å². The van der Waals surface area contributed by atoms with E-state index in [4.69, 9.17) is 5.11 Å². The number of carbonyl (C=O) groups is 1. The van der Waals surface area contributed by atoms with Crippen molar-refractivity contribution in [2.45, 2.75) is 12.8 Å². The number of hydrogen-bond acceptors (Lipinski definition) is 2. The lowest BCUT2D eigenvalue weighted by Gasteiger charge is -2.14. The van der Waals surface area contributed by atoms with Crippen molar-refractivity contribution in [3.63, 3.8) is 0 Å². The smallest absolute Gasteiger partial charge is 0.222 e. The molecule has 0 radical (unpaired) electrons. The van der Waals surface area contributed by atoms with Crippen molar-refractivity contribution in [1.82, 2.24) is 4.90 Å². The molecule has 3 nitrogen and oxygen atoms in total. The van der Waals surface area contributed by atoms with Crippen molar-refractivity contribution in [3.05, 3.63) is 0 Å². The molecule has 1 saturated heterocycles. The Kier molecular flexibility index (Phi) is 4.01. The van der Waals surface area contributed by atoms with Crippen LogP contribution in [0.1, 0.15) is 12.8 Å². The highest BCUT2D eigenvalue weighted by molar-refractivity contribution is 9.09. The summed E-state index contributed by atoms with van der Waals surface area (Å²) in [6, 6.07) is 0. The number of halogens is 1. The van der Waals surface area contributed by atoms with Crippen LogP contribution in [0.5, 0.6) is 0 Å². The Morgan fingerprint density at radius 3 is 2.92 bits per heavy atom. The van der Waals surface area contributed by atoms with E-state index >= 15 is 0 Å². The predicted octanol–water partition coefficient (Wildman–Crippen LogP) is 0.612. The minimum Gasteiger partial charge on any atom is -0.396 e. The standard InChI is InChI=1S/C8H14BrNO2/c9-5-7-4-8(12)10(6-7)2-1-3-11/h7,11H,1-6H2. The fraction of sp³-hybridized carbons (Fsp3) is 0.875. The molecule has 1 rings (SSSR count). The summed E-state index contributed by atoms with van der Waals surface area (Å²) in [6.45, 7) is 1.73. The van der Waals surface area contributed by atoms with E-state index in [0.29, 0.717) is 25.3 Å². The second-order valence-electron chi connectivity index (χ2n) is 3.14. The second kappa shape index (κ2) is 4.82. The molecular formula is C8H14BrNO2. The first-order valence-corrected chi connectivity index (χ1v) is 5.34. The zero-order valence-corrected chi connectivity index (χ0v) is 8.59. The van der Waals surface area contributed by atoms with Gasteiger partial charge in [0, 0.05) is 31.4 Å². The summed E-state index contributed by atoms with van der Waals surface area (Å²) < 4.78 is 0. The molecule has 0 aromatic carbocycles. The van der Waals surface area contributed by atoms with E-state index in [1.165, 1.54) is 0 Å². The maximum absolute atomic E-state index is 11.3. The monoisotopic (exact) mass is 235 g/mol. The Labute approximate surface area is 80.9 Å². The zero-order chi connectivity index (χ0) is 8.97. The first-order chi connectivity index (χ1) is 5.77. The lowest BCUT2D eigenvalue weighted by atomic mass is 10.2. The summed E-state index contributed by atoms with van der Waals surface area (Å²) in [5, 5.41) is 9.49. The molecule has 1 unspecified atom stereocenters. The maximum Gasteiger partial charge on any atom is 0.222 e. The molecular weight excluding hydrogens is 222 g/mol. The van der Waals surface area contributed by atoms with Crippen LogP contribution >= 0.6 is 15.9 Å². The number of alkyl halides is 1. The van der Waals surface area contributed by atoms with Crippen LogP contribution < -0.4 is 0 Å². The van der Waals surface area contributed by atoms with Crippen LogP contribution in [0.3, 0.4) is 0 Å². The van der Waals surface area contributed by atoms with Gasteiger partial charge in [0.2, 0.25) is 5.91 Å². The number of likely N-dealkylation sites (tertiary alicyclic amines) is 1. The minimum absolute atomic E-state index is 0.169. The van der Waals surface area contributed by atoms with Gasteiger partial charge in [-0.05, 0) is 12.3 Å². The third kappa shape index (κ3) is 2.45. The molecule has 4 heteroatoms. The molecule has 1 heterocycles. The van der Waals surface area contributed by atoms with Gasteiger partial charge in [-0.3, -0.25) is 4.79 Å². The number of aliphatic hydroxyl groups excluding tert-OH is 1. The number of rotatable bonds is 4. The number of carbonyl (C=O) groups excluding carboxylic acids is 1. The van der Waals surface area contributed by atoms with Gasteiger partial charge in [-0.2, -0.15) is 0 Å². The highest BCUT2D eigenvalue weighted by Gasteiger charge is 2.27. The van der Waals surface area contributed by atoms with Crippen LogP contribution in [0.15, 0.2) is 0 Å². The summed E-state index contributed by atoms with van der Waals surface area (Å²) in [7, 11) is 0. The van der Waals surface area contributed by atoms with Crippen LogP contribution in [-0.2, 0) is 4.79 Å². The van der Waals surface area contributed by atoms with E-state index in [2.05, 4.69) is 15.9 Å². The highest BCUT2D eigenvalue weighted by Crippen LogP contribution is 2.19. The van der Waals surface area contributed by atoms with Gasteiger partial charge >= 0.3 is 0 Å². The number of aliphatic hydroxyl groups is 1. The summed E-state index contributed by atoms with van der Waals surface area (Å²) in [5.41, 5.74) is 0. The molecule has 12 heavy (non-hydrogen) atoms. The number of hydrogen-bond donors (Lipinski definition) is 1. The van der Waals surface area contributed by atoms with Gasteiger partial charge in [-0.25, -0.2) is 0 Å². The predicted molar refractivity (Wildman–Crippen MR) is 50.2 cm³/mol. The molecule has 70 valence electrons. The molecule has 1 aliphatic rings. The lowest BCUT2D eigenvalue weighted by Crippen LogP contribution is -2.26. The Balaban J connectivity index is 2.31. The van der Waals surface area contributed by atoms with Crippen LogP contribution in [0, 0.1) is 5.92 Å². The lowest BCUT2D eigenvalue weighted by molar-refractivity contribution is -0.127. The minimum atomic E-state index is 0.169. The first kappa shape index (κ1) is 9.99. The zero-order valence-electron chi connectivity index (χ0n) is 7.00. The average molecular weight is 236 g/mol. The van der Waals surface area contributed by atoms with E-state index < -0.39 is 0 Å². The van der Waals surface area contributed by atoms with Crippen LogP contribution in [0.25, 0.3) is 0 Å². The number of amides is 1. The van der Waals surface area contributed by atoms with Gasteiger partial charge in [-0.1, -0.05) is 15.9 Å². The Morgan fingerprint density at radius 2 is 2.42 bits per heavy atom. The normalized spacial score (nSPS) is 23.7. The first-order valence-electron chi connectivity index (χ1n) is 4.22. The summed E-state index contributed by atoms with van der Waals surface area (Å²) in [4.78, 5) is 13.1. The van der Waals surface area contributed by atoms with Crippen LogP contribution in [0.4, 0.5) is 0 Å². The summed E-state index contributed by atoms with van der Waals surface area (Å²) in [5.74, 6) is 0.698. The van der Waals surface area contributed by atoms with Crippen molar-refractivity contribution >= 4 is 21.8 Å². The van der Waals surface area contributed by atoms with Crippen molar-refractivity contribution in [3.8, 4) is 0 Å². The molecule has 0 aliphatic carbocycles. The molecule has 0 aromatic rings. The van der Waals surface area contributed by atoms with E-state index in [1.807, 2.05) is 4.90 Å². The van der Waals surface area contributed by atoms with E-state index in [1.54, 1.807) is 0 Å². The Bertz CT molecular complexity index is 163. The number of nitrogens with zero attached hydrogens (tertiary/aromatic N) is 1. The van der Waals surface area contributed by atoms with Gasteiger partial charge in [0.05, 0.1) is 0 Å². The Morgan fingerprint density at radius 1 is 1.67 bits per heavy atom. The largest absolute Gasteiger partial charge is 0.396 e. The Hall–Kier alpha value is -0.0900. The van der Waals surface area contributed by atoms with Crippen LogP contribution in [0.2, 0.25) is 0 Å². The molecule has 0 saturated carbocycles. The summed E-state index contributed by atoms with van der Waals surface area (Å²) in [6.07, 6.45) is 1.36. The van der Waals surface area contributed by atoms with E-state index in [-0.39, 0.29) is 12.5 Å². The van der Waals surface area contributed by atoms with Crippen molar-refractivity contribution in [2.75, 3.05) is 25.0 Å². The van der Waals surface area contributed by atoms with Gasteiger partial charge in [0.25, 0.3) is 0 Å². The maximum atomic E-state index is 11.3. The van der Waals surface area contributed by atoms with Crippen molar-refractivity contribution < 1.29 is 9.90 Å².